The first-order chi connectivity index (χ1) is 7.91. The van der Waals surface area contributed by atoms with E-state index < -0.39 is 28.6 Å². The van der Waals surface area contributed by atoms with Crippen LogP contribution in [-0.2, 0) is 20.4 Å². The highest BCUT2D eigenvalue weighted by Gasteiger charge is 2.40. The molecule has 0 spiro atoms. The summed E-state index contributed by atoms with van der Waals surface area (Å²) in [5, 5.41) is 11.7. The minimum absolute atomic E-state index is 0.216. The molecule has 17 heavy (non-hydrogen) atoms. The molecule has 1 fully saturated rings. The van der Waals surface area contributed by atoms with Crippen molar-refractivity contribution in [3.63, 3.8) is 0 Å². The van der Waals surface area contributed by atoms with Crippen LogP contribution >= 0.6 is 0 Å². The summed E-state index contributed by atoms with van der Waals surface area (Å²) in [5.41, 5.74) is 0. The molecule has 0 aromatic rings. The van der Waals surface area contributed by atoms with Gasteiger partial charge in [0.1, 0.15) is 0 Å². The molecular formula is C11H19NO4S. The number of aliphatic carboxylic acids is 1. The molecule has 0 bridgehead atoms. The molecule has 2 N–H and O–H groups in total. The predicted molar refractivity (Wildman–Crippen MR) is 65.0 cm³/mol. The molecule has 0 saturated heterocycles. The van der Waals surface area contributed by atoms with Crippen molar-refractivity contribution in [2.75, 3.05) is 18.6 Å². The van der Waals surface area contributed by atoms with Crippen molar-refractivity contribution in [3.8, 4) is 0 Å². The number of hydrogen-bond donors (Lipinski definition) is 2. The average Bonchev–Trinajstić information content (AvgIpc) is 2.59. The molecular weight excluding hydrogens is 242 g/mol. The summed E-state index contributed by atoms with van der Waals surface area (Å²) in [6, 6.07) is 0. The topological polar surface area (TPSA) is 83.5 Å². The van der Waals surface area contributed by atoms with Crippen LogP contribution in [0.1, 0.15) is 19.8 Å². The third kappa shape index (κ3) is 4.11. The standard InChI is InChI=1S/C11H19NO4S/c1-7-5-8(9(6-7)11(14)15)10(13)12-3-4-17(2)16/h7-9H,3-6H2,1-2H3,(H,12,13)(H,14,15)/t7?,8-,9+,17?/m0/s1. The van der Waals surface area contributed by atoms with Gasteiger partial charge in [-0.15, -0.1) is 0 Å². The van der Waals surface area contributed by atoms with Crippen LogP contribution in [0.3, 0.4) is 0 Å². The minimum atomic E-state index is -0.939. The summed E-state index contributed by atoms with van der Waals surface area (Å²) >= 11 is 0. The zero-order valence-electron chi connectivity index (χ0n) is 10.1. The Labute approximate surface area is 103 Å². The molecule has 0 heterocycles. The minimum Gasteiger partial charge on any atom is -0.481 e. The van der Waals surface area contributed by atoms with Gasteiger partial charge < -0.3 is 10.4 Å². The molecule has 2 unspecified atom stereocenters. The summed E-state index contributed by atoms with van der Waals surface area (Å²) in [6.45, 7) is 2.31. The van der Waals surface area contributed by atoms with Crippen molar-refractivity contribution in [1.29, 1.82) is 0 Å². The van der Waals surface area contributed by atoms with Crippen molar-refractivity contribution in [2.24, 2.45) is 17.8 Å². The van der Waals surface area contributed by atoms with Gasteiger partial charge in [-0.3, -0.25) is 13.8 Å². The van der Waals surface area contributed by atoms with Gasteiger partial charge in [-0.05, 0) is 18.8 Å². The van der Waals surface area contributed by atoms with Crippen molar-refractivity contribution in [1.82, 2.24) is 5.32 Å². The zero-order valence-corrected chi connectivity index (χ0v) is 11.0. The van der Waals surface area contributed by atoms with E-state index in [-0.39, 0.29) is 11.8 Å². The van der Waals surface area contributed by atoms with Crippen LogP contribution in [0.2, 0.25) is 0 Å². The molecule has 1 aliphatic carbocycles. The fourth-order valence-electron chi connectivity index (χ4n) is 2.30. The Hall–Kier alpha value is -0.910. The molecule has 1 rings (SSSR count). The number of carbonyl (C=O) groups excluding carboxylic acids is 1. The molecule has 1 amide bonds. The summed E-state index contributed by atoms with van der Waals surface area (Å²) in [5.74, 6) is -1.44. The van der Waals surface area contributed by atoms with Gasteiger partial charge in [-0.25, -0.2) is 0 Å². The normalized spacial score (nSPS) is 29.9. The maximum absolute atomic E-state index is 11.8. The molecule has 0 radical (unpaired) electrons. The third-order valence-corrected chi connectivity index (χ3v) is 3.92. The quantitative estimate of drug-likeness (QED) is 0.742. The van der Waals surface area contributed by atoms with Crippen molar-refractivity contribution >= 4 is 22.7 Å². The molecule has 5 nitrogen and oxygen atoms in total. The summed E-state index contributed by atoms with van der Waals surface area (Å²) < 4.78 is 10.8. The van der Waals surface area contributed by atoms with Crippen molar-refractivity contribution in [2.45, 2.75) is 19.8 Å². The second-order valence-corrected chi connectivity index (χ2v) is 6.25. The Kier molecular flexibility index (Phi) is 5.11. The van der Waals surface area contributed by atoms with E-state index in [1.54, 1.807) is 6.26 Å². The second-order valence-electron chi connectivity index (χ2n) is 4.70. The Balaban J connectivity index is 2.49. The second kappa shape index (κ2) is 6.14. The lowest BCUT2D eigenvalue weighted by molar-refractivity contribution is -0.146. The largest absolute Gasteiger partial charge is 0.481 e. The average molecular weight is 261 g/mol. The third-order valence-electron chi connectivity index (χ3n) is 3.14. The van der Waals surface area contributed by atoms with Gasteiger partial charge in [-0.1, -0.05) is 6.92 Å². The Bertz CT molecular complexity index is 331. The van der Waals surface area contributed by atoms with Crippen LogP contribution in [-0.4, -0.2) is 39.7 Å². The number of rotatable bonds is 5. The number of nitrogens with one attached hydrogen (secondary N) is 1. The molecule has 4 atom stereocenters. The predicted octanol–water partition coefficient (Wildman–Crippen LogP) is 0.228. The highest BCUT2D eigenvalue weighted by atomic mass is 32.2. The van der Waals surface area contributed by atoms with Gasteiger partial charge in [0.25, 0.3) is 0 Å². The molecule has 6 heteroatoms. The first kappa shape index (κ1) is 14.2. The van der Waals surface area contributed by atoms with Crippen LogP contribution in [0.15, 0.2) is 0 Å². The number of carboxylic acids is 1. The van der Waals surface area contributed by atoms with E-state index in [9.17, 15) is 13.8 Å². The van der Waals surface area contributed by atoms with Crippen molar-refractivity contribution < 1.29 is 18.9 Å². The van der Waals surface area contributed by atoms with Gasteiger partial charge in [0.15, 0.2) is 0 Å². The van der Waals surface area contributed by atoms with E-state index >= 15 is 0 Å². The van der Waals surface area contributed by atoms with Crippen LogP contribution in [0.25, 0.3) is 0 Å². The maximum Gasteiger partial charge on any atom is 0.307 e. The zero-order chi connectivity index (χ0) is 13.0. The Morgan fingerprint density at radius 2 is 1.94 bits per heavy atom. The van der Waals surface area contributed by atoms with E-state index in [0.29, 0.717) is 25.1 Å². The van der Waals surface area contributed by atoms with Crippen LogP contribution in [0.4, 0.5) is 0 Å². The van der Waals surface area contributed by atoms with E-state index in [1.165, 1.54) is 0 Å². The fourth-order valence-corrected chi connectivity index (χ4v) is 2.69. The molecule has 0 aliphatic heterocycles. The van der Waals surface area contributed by atoms with Gasteiger partial charge in [-0.2, -0.15) is 0 Å². The van der Waals surface area contributed by atoms with Crippen LogP contribution < -0.4 is 5.32 Å². The van der Waals surface area contributed by atoms with Gasteiger partial charge >= 0.3 is 5.97 Å². The molecule has 1 aliphatic rings. The van der Waals surface area contributed by atoms with Gasteiger partial charge in [0.05, 0.1) is 11.8 Å². The molecule has 0 aromatic carbocycles. The molecule has 1 saturated carbocycles. The highest BCUT2D eigenvalue weighted by Crippen LogP contribution is 2.36. The SMILES string of the molecule is CC1C[C@H](C(=O)NCCS(C)=O)[C@H](C(=O)O)C1. The number of amides is 1. The summed E-state index contributed by atoms with van der Waals surface area (Å²) in [6.07, 6.45) is 2.76. The van der Waals surface area contributed by atoms with Gasteiger partial charge in [0, 0.05) is 29.4 Å². The first-order valence-corrected chi connectivity index (χ1v) is 7.45. The lowest BCUT2D eigenvalue weighted by Crippen LogP contribution is -2.37. The van der Waals surface area contributed by atoms with E-state index in [0.717, 1.165) is 0 Å². The Morgan fingerprint density at radius 3 is 2.47 bits per heavy atom. The monoisotopic (exact) mass is 261 g/mol. The van der Waals surface area contributed by atoms with Crippen LogP contribution in [0, 0.1) is 17.8 Å². The highest BCUT2D eigenvalue weighted by molar-refractivity contribution is 7.84. The molecule has 0 aromatic heterocycles. The molecule has 98 valence electrons. The lowest BCUT2D eigenvalue weighted by atomic mass is 9.95. The Morgan fingerprint density at radius 1 is 1.35 bits per heavy atom. The number of carboxylic acid groups (broad SMARTS) is 1. The number of carbonyl (C=O) groups is 2. The van der Waals surface area contributed by atoms with Crippen LogP contribution in [0.5, 0.6) is 0 Å². The fraction of sp³-hybridized carbons (Fsp3) is 0.818. The summed E-state index contributed by atoms with van der Waals surface area (Å²) in [7, 11) is -0.939. The lowest BCUT2D eigenvalue weighted by Gasteiger charge is -2.15. The summed E-state index contributed by atoms with van der Waals surface area (Å²) in [4.78, 5) is 22.8. The van der Waals surface area contributed by atoms with Crippen molar-refractivity contribution in [3.05, 3.63) is 0 Å². The maximum atomic E-state index is 11.8. The van der Waals surface area contributed by atoms with E-state index in [4.69, 9.17) is 5.11 Å². The van der Waals surface area contributed by atoms with E-state index in [1.807, 2.05) is 6.92 Å². The van der Waals surface area contributed by atoms with Gasteiger partial charge in [0.2, 0.25) is 5.91 Å². The number of hydrogen-bond acceptors (Lipinski definition) is 3. The smallest absolute Gasteiger partial charge is 0.307 e. The van der Waals surface area contributed by atoms with E-state index in [2.05, 4.69) is 5.32 Å². The first-order valence-electron chi connectivity index (χ1n) is 5.72.